The largest absolute Gasteiger partial charge is 0.378 e. The van der Waals surface area contributed by atoms with Crippen molar-refractivity contribution in [2.24, 2.45) is 10.7 Å². The summed E-state index contributed by atoms with van der Waals surface area (Å²) >= 11 is 0. The lowest BCUT2D eigenvalue weighted by Crippen LogP contribution is -2.44. The first kappa shape index (κ1) is 13.9. The number of ether oxygens (including phenoxy) is 1. The molecule has 104 valence electrons. The topological polar surface area (TPSA) is 50.8 Å². The Morgan fingerprint density at radius 2 is 2.00 bits per heavy atom. The van der Waals surface area contributed by atoms with Crippen molar-refractivity contribution in [2.45, 2.75) is 19.3 Å². The molecular weight excluding hydrogens is 238 g/mol. The fourth-order valence-corrected chi connectivity index (χ4v) is 2.21. The van der Waals surface area contributed by atoms with Gasteiger partial charge in [-0.3, -0.25) is 4.99 Å². The number of nitrogens with two attached hydrogens (primary N) is 1. The summed E-state index contributed by atoms with van der Waals surface area (Å²) in [5, 5.41) is 0. The van der Waals surface area contributed by atoms with E-state index in [9.17, 15) is 0 Å². The molecule has 0 aliphatic carbocycles. The minimum absolute atomic E-state index is 0.516. The lowest BCUT2D eigenvalue weighted by molar-refractivity contribution is 0.0674. The molecule has 2 N–H and O–H groups in total. The van der Waals surface area contributed by atoms with Crippen molar-refractivity contribution >= 4 is 5.96 Å². The summed E-state index contributed by atoms with van der Waals surface area (Å²) < 4.78 is 5.30. The van der Waals surface area contributed by atoms with Gasteiger partial charge in [-0.1, -0.05) is 37.3 Å². The number of hydrogen-bond acceptors (Lipinski definition) is 2. The smallest absolute Gasteiger partial charge is 0.191 e. The fourth-order valence-electron chi connectivity index (χ4n) is 2.21. The van der Waals surface area contributed by atoms with Crippen LogP contribution in [0.25, 0.3) is 0 Å². The molecule has 2 rings (SSSR count). The van der Waals surface area contributed by atoms with Gasteiger partial charge >= 0.3 is 0 Å². The maximum Gasteiger partial charge on any atom is 0.191 e. The molecule has 1 aliphatic heterocycles. The summed E-state index contributed by atoms with van der Waals surface area (Å²) in [6.07, 6.45) is 1.02. The molecule has 1 atom stereocenters. The summed E-state index contributed by atoms with van der Waals surface area (Å²) in [4.78, 5) is 6.57. The van der Waals surface area contributed by atoms with Crippen molar-refractivity contribution < 1.29 is 4.74 Å². The average Bonchev–Trinajstić information content (AvgIpc) is 2.49. The highest BCUT2D eigenvalue weighted by Gasteiger charge is 2.12. The third kappa shape index (κ3) is 4.24. The number of rotatable bonds is 4. The van der Waals surface area contributed by atoms with Gasteiger partial charge < -0.3 is 15.4 Å². The third-order valence-corrected chi connectivity index (χ3v) is 3.54. The quantitative estimate of drug-likeness (QED) is 0.664. The highest BCUT2D eigenvalue weighted by atomic mass is 16.5. The second-order valence-corrected chi connectivity index (χ2v) is 4.94. The molecule has 0 unspecified atom stereocenters. The molecule has 1 fully saturated rings. The molecule has 19 heavy (non-hydrogen) atoms. The summed E-state index contributed by atoms with van der Waals surface area (Å²) in [6, 6.07) is 10.5. The van der Waals surface area contributed by atoms with Gasteiger partial charge in [-0.05, 0) is 17.9 Å². The van der Waals surface area contributed by atoms with Crippen LogP contribution in [0.4, 0.5) is 0 Å². The molecule has 1 aromatic rings. The molecule has 1 aliphatic rings. The van der Waals surface area contributed by atoms with Crippen LogP contribution in [0, 0.1) is 0 Å². The molecule has 0 amide bonds. The van der Waals surface area contributed by atoms with E-state index in [-0.39, 0.29) is 0 Å². The molecular formula is C15H23N3O. The molecule has 4 nitrogen and oxygen atoms in total. The highest BCUT2D eigenvalue weighted by molar-refractivity contribution is 5.78. The van der Waals surface area contributed by atoms with Gasteiger partial charge in [-0.2, -0.15) is 0 Å². The van der Waals surface area contributed by atoms with Crippen LogP contribution in [0.15, 0.2) is 35.3 Å². The zero-order chi connectivity index (χ0) is 13.5. The number of aliphatic imine (C=N–C) groups is 1. The predicted molar refractivity (Wildman–Crippen MR) is 78.4 cm³/mol. The SMILES string of the molecule is C[C@H](CCN=C(N)N1CCOCC1)c1ccccc1. The first-order valence-corrected chi connectivity index (χ1v) is 6.95. The van der Waals surface area contributed by atoms with Gasteiger partial charge in [0, 0.05) is 19.6 Å². The van der Waals surface area contributed by atoms with Gasteiger partial charge in [0.1, 0.15) is 0 Å². The Morgan fingerprint density at radius 1 is 1.32 bits per heavy atom. The Bertz CT molecular complexity index is 399. The Kier molecular flexibility index (Phi) is 5.21. The molecule has 1 saturated heterocycles. The first-order chi connectivity index (χ1) is 9.27. The van der Waals surface area contributed by atoms with Crippen LogP contribution in [0.5, 0.6) is 0 Å². The van der Waals surface area contributed by atoms with Gasteiger partial charge in [0.2, 0.25) is 0 Å². The van der Waals surface area contributed by atoms with Gasteiger partial charge in [0.15, 0.2) is 5.96 Å². The standard InChI is InChI=1S/C15H23N3O/c1-13(14-5-3-2-4-6-14)7-8-17-15(16)18-9-11-19-12-10-18/h2-6,13H,7-12H2,1H3,(H2,16,17)/t13-/m1/s1. The van der Waals surface area contributed by atoms with Crippen LogP contribution in [-0.4, -0.2) is 43.7 Å². The van der Waals surface area contributed by atoms with E-state index in [0.29, 0.717) is 11.9 Å². The number of hydrogen-bond donors (Lipinski definition) is 1. The van der Waals surface area contributed by atoms with E-state index < -0.39 is 0 Å². The fraction of sp³-hybridized carbons (Fsp3) is 0.533. The Labute approximate surface area is 115 Å². The zero-order valence-electron chi connectivity index (χ0n) is 11.6. The highest BCUT2D eigenvalue weighted by Crippen LogP contribution is 2.18. The van der Waals surface area contributed by atoms with E-state index in [2.05, 4.69) is 41.1 Å². The van der Waals surface area contributed by atoms with Gasteiger partial charge in [-0.15, -0.1) is 0 Å². The Morgan fingerprint density at radius 3 is 2.68 bits per heavy atom. The van der Waals surface area contributed by atoms with E-state index in [4.69, 9.17) is 10.5 Å². The van der Waals surface area contributed by atoms with Crippen molar-refractivity contribution in [3.63, 3.8) is 0 Å². The van der Waals surface area contributed by atoms with Crippen molar-refractivity contribution in [1.29, 1.82) is 0 Å². The summed E-state index contributed by atoms with van der Waals surface area (Å²) in [6.45, 7) is 6.20. The normalized spacial score (nSPS) is 18.4. The van der Waals surface area contributed by atoms with E-state index in [1.54, 1.807) is 0 Å². The lowest BCUT2D eigenvalue weighted by atomic mass is 9.98. The first-order valence-electron chi connectivity index (χ1n) is 6.95. The van der Waals surface area contributed by atoms with E-state index >= 15 is 0 Å². The second-order valence-electron chi connectivity index (χ2n) is 4.94. The minimum Gasteiger partial charge on any atom is -0.378 e. The maximum atomic E-state index is 5.99. The number of benzene rings is 1. The van der Waals surface area contributed by atoms with Gasteiger partial charge in [-0.25, -0.2) is 0 Å². The third-order valence-electron chi connectivity index (χ3n) is 3.54. The number of guanidine groups is 1. The lowest BCUT2D eigenvalue weighted by Gasteiger charge is -2.27. The van der Waals surface area contributed by atoms with Gasteiger partial charge in [0.05, 0.1) is 13.2 Å². The summed E-state index contributed by atoms with van der Waals surface area (Å²) in [5.41, 5.74) is 7.36. The molecule has 0 spiro atoms. The van der Waals surface area contributed by atoms with Crippen LogP contribution in [0.3, 0.4) is 0 Å². The average molecular weight is 261 g/mol. The van der Waals surface area contributed by atoms with E-state index in [0.717, 1.165) is 39.3 Å². The summed E-state index contributed by atoms with van der Waals surface area (Å²) in [5.74, 6) is 1.17. The molecule has 1 aromatic carbocycles. The molecule has 0 bridgehead atoms. The molecule has 4 heteroatoms. The van der Waals surface area contributed by atoms with Gasteiger partial charge in [0.25, 0.3) is 0 Å². The van der Waals surface area contributed by atoms with Crippen molar-refractivity contribution in [2.75, 3.05) is 32.8 Å². The van der Waals surface area contributed by atoms with Crippen LogP contribution < -0.4 is 5.73 Å². The van der Waals surface area contributed by atoms with Crippen LogP contribution in [0.2, 0.25) is 0 Å². The Balaban J connectivity index is 1.78. The Hall–Kier alpha value is -1.55. The number of morpholine rings is 1. The van der Waals surface area contributed by atoms with E-state index in [1.807, 2.05) is 6.07 Å². The van der Waals surface area contributed by atoms with Crippen LogP contribution in [0.1, 0.15) is 24.8 Å². The summed E-state index contributed by atoms with van der Waals surface area (Å²) in [7, 11) is 0. The van der Waals surface area contributed by atoms with E-state index in [1.165, 1.54) is 5.56 Å². The minimum atomic E-state index is 0.516. The second kappa shape index (κ2) is 7.14. The number of nitrogens with zero attached hydrogens (tertiary/aromatic N) is 2. The monoisotopic (exact) mass is 261 g/mol. The predicted octanol–water partition coefficient (Wildman–Crippen LogP) is 1.83. The molecule has 0 radical (unpaired) electrons. The van der Waals surface area contributed by atoms with Crippen molar-refractivity contribution in [3.8, 4) is 0 Å². The van der Waals surface area contributed by atoms with Crippen LogP contribution >= 0.6 is 0 Å². The van der Waals surface area contributed by atoms with Crippen LogP contribution in [-0.2, 0) is 4.74 Å². The molecule has 0 saturated carbocycles. The molecule has 1 heterocycles. The zero-order valence-corrected chi connectivity index (χ0v) is 11.6. The molecule has 0 aromatic heterocycles. The van der Waals surface area contributed by atoms with Crippen molar-refractivity contribution in [1.82, 2.24) is 4.90 Å². The van der Waals surface area contributed by atoms with Crippen molar-refractivity contribution in [3.05, 3.63) is 35.9 Å². The maximum absolute atomic E-state index is 5.99.